The van der Waals surface area contributed by atoms with Crippen LogP contribution in [0.2, 0.25) is 0 Å². The Bertz CT molecular complexity index is 887. The van der Waals surface area contributed by atoms with Gasteiger partial charge in [-0.05, 0) is 42.2 Å². The smallest absolute Gasteiger partial charge is 0.253 e. The predicted octanol–water partition coefficient (Wildman–Crippen LogP) is 3.08. The molecule has 0 N–H and O–H groups in total. The first-order valence-electron chi connectivity index (χ1n) is 10.5. The third kappa shape index (κ3) is 4.67. The molecule has 0 atom stereocenters. The van der Waals surface area contributed by atoms with Gasteiger partial charge in [-0.1, -0.05) is 36.4 Å². The maximum absolute atomic E-state index is 13.0. The lowest BCUT2D eigenvalue weighted by molar-refractivity contribution is -0.128. The number of carbonyl (C=O) groups excluding carboxylic acids is 2. The zero-order chi connectivity index (χ0) is 20.2. The van der Waals surface area contributed by atoms with E-state index in [1.165, 1.54) is 11.1 Å². The van der Waals surface area contributed by atoms with E-state index in [9.17, 15) is 9.59 Å². The van der Waals surface area contributed by atoms with Gasteiger partial charge in [-0.3, -0.25) is 14.5 Å². The summed E-state index contributed by atoms with van der Waals surface area (Å²) in [6.07, 6.45) is 1.58. The summed E-state index contributed by atoms with van der Waals surface area (Å²) in [5.74, 6) is 0.307. The first-order valence-corrected chi connectivity index (χ1v) is 10.5. The molecule has 2 amide bonds. The van der Waals surface area contributed by atoms with E-state index < -0.39 is 0 Å². The normalized spacial score (nSPS) is 17.8. The van der Waals surface area contributed by atoms with Crippen LogP contribution in [-0.4, -0.2) is 59.2 Å². The van der Waals surface area contributed by atoms with Crippen molar-refractivity contribution in [2.24, 2.45) is 0 Å². The zero-order valence-corrected chi connectivity index (χ0v) is 17.1. The molecule has 152 valence electrons. The second kappa shape index (κ2) is 8.78. The summed E-state index contributed by atoms with van der Waals surface area (Å²) in [5.41, 5.74) is 4.43. The molecule has 0 unspecified atom stereocenters. The highest BCUT2D eigenvalue weighted by atomic mass is 16.2. The van der Waals surface area contributed by atoms with Crippen molar-refractivity contribution in [3.63, 3.8) is 0 Å². The molecule has 2 saturated heterocycles. The van der Waals surface area contributed by atoms with Crippen molar-refractivity contribution in [1.82, 2.24) is 14.7 Å². The fourth-order valence-electron chi connectivity index (χ4n) is 4.21. The SMILES string of the molecule is Cc1ccccc1CN1CCN(C(=O)c2cccc(CN3CCCC3=O)c2)CC1. The Morgan fingerprint density at radius 2 is 1.72 bits per heavy atom. The second-order valence-corrected chi connectivity index (χ2v) is 8.11. The van der Waals surface area contributed by atoms with Crippen molar-refractivity contribution < 1.29 is 9.59 Å². The lowest BCUT2D eigenvalue weighted by Crippen LogP contribution is -2.48. The van der Waals surface area contributed by atoms with Gasteiger partial charge in [0.25, 0.3) is 5.91 Å². The summed E-state index contributed by atoms with van der Waals surface area (Å²) in [5, 5.41) is 0. The predicted molar refractivity (Wildman–Crippen MR) is 113 cm³/mol. The fourth-order valence-corrected chi connectivity index (χ4v) is 4.21. The van der Waals surface area contributed by atoms with Crippen molar-refractivity contribution in [2.45, 2.75) is 32.9 Å². The van der Waals surface area contributed by atoms with E-state index in [2.05, 4.69) is 36.1 Å². The number of benzene rings is 2. The monoisotopic (exact) mass is 391 g/mol. The number of carbonyl (C=O) groups is 2. The average Bonchev–Trinajstić information content (AvgIpc) is 3.14. The molecule has 2 aliphatic heterocycles. The minimum absolute atomic E-state index is 0.0927. The van der Waals surface area contributed by atoms with Gasteiger partial charge in [0.15, 0.2) is 0 Å². The van der Waals surface area contributed by atoms with Gasteiger partial charge in [-0.25, -0.2) is 0 Å². The number of nitrogens with zero attached hydrogens (tertiary/aromatic N) is 3. The largest absolute Gasteiger partial charge is 0.338 e. The first kappa shape index (κ1) is 19.6. The molecular formula is C24H29N3O2. The lowest BCUT2D eigenvalue weighted by Gasteiger charge is -2.35. The average molecular weight is 392 g/mol. The lowest BCUT2D eigenvalue weighted by atomic mass is 10.1. The number of hydrogen-bond acceptors (Lipinski definition) is 3. The van der Waals surface area contributed by atoms with Gasteiger partial charge in [-0.2, -0.15) is 0 Å². The first-order chi connectivity index (χ1) is 14.1. The van der Waals surface area contributed by atoms with E-state index in [0.717, 1.165) is 56.8 Å². The topological polar surface area (TPSA) is 43.9 Å². The quantitative estimate of drug-likeness (QED) is 0.787. The maximum atomic E-state index is 13.0. The van der Waals surface area contributed by atoms with Crippen LogP contribution in [0.1, 0.15) is 39.9 Å². The Kier molecular flexibility index (Phi) is 5.95. The van der Waals surface area contributed by atoms with Crippen molar-refractivity contribution in [3.05, 3.63) is 70.8 Å². The van der Waals surface area contributed by atoms with Gasteiger partial charge in [0.05, 0.1) is 0 Å². The van der Waals surface area contributed by atoms with E-state index in [-0.39, 0.29) is 11.8 Å². The van der Waals surface area contributed by atoms with Crippen LogP contribution in [0.5, 0.6) is 0 Å². The molecule has 2 aromatic rings. The number of amides is 2. The zero-order valence-electron chi connectivity index (χ0n) is 17.1. The molecule has 0 radical (unpaired) electrons. The summed E-state index contributed by atoms with van der Waals surface area (Å²) in [7, 11) is 0. The van der Waals surface area contributed by atoms with Gasteiger partial charge in [0.1, 0.15) is 0 Å². The Balaban J connectivity index is 1.34. The molecule has 2 fully saturated rings. The van der Waals surface area contributed by atoms with Crippen LogP contribution in [0.15, 0.2) is 48.5 Å². The van der Waals surface area contributed by atoms with Gasteiger partial charge in [0.2, 0.25) is 5.91 Å². The summed E-state index contributed by atoms with van der Waals surface area (Å²) >= 11 is 0. The number of aryl methyl sites for hydroxylation is 1. The fraction of sp³-hybridized carbons (Fsp3) is 0.417. The van der Waals surface area contributed by atoms with Crippen LogP contribution in [0.25, 0.3) is 0 Å². The minimum atomic E-state index is 0.0927. The van der Waals surface area contributed by atoms with Gasteiger partial charge in [-0.15, -0.1) is 0 Å². The molecule has 0 spiro atoms. The van der Waals surface area contributed by atoms with E-state index in [1.54, 1.807) is 0 Å². The minimum Gasteiger partial charge on any atom is -0.338 e. The van der Waals surface area contributed by atoms with Crippen LogP contribution < -0.4 is 0 Å². The number of piperazine rings is 1. The highest BCUT2D eigenvalue weighted by Crippen LogP contribution is 2.17. The summed E-state index contributed by atoms with van der Waals surface area (Å²) in [4.78, 5) is 31.1. The summed E-state index contributed by atoms with van der Waals surface area (Å²) in [6, 6.07) is 16.3. The second-order valence-electron chi connectivity index (χ2n) is 8.11. The highest BCUT2D eigenvalue weighted by Gasteiger charge is 2.24. The Labute approximate surface area is 172 Å². The van der Waals surface area contributed by atoms with Crippen LogP contribution in [-0.2, 0) is 17.9 Å². The van der Waals surface area contributed by atoms with Gasteiger partial charge < -0.3 is 9.80 Å². The molecule has 2 aromatic carbocycles. The molecule has 2 heterocycles. The third-order valence-electron chi connectivity index (χ3n) is 6.03. The molecule has 29 heavy (non-hydrogen) atoms. The van der Waals surface area contributed by atoms with E-state index in [0.29, 0.717) is 13.0 Å². The highest BCUT2D eigenvalue weighted by molar-refractivity contribution is 5.94. The van der Waals surface area contributed by atoms with Crippen LogP contribution in [0.3, 0.4) is 0 Å². The number of hydrogen-bond donors (Lipinski definition) is 0. The Hall–Kier alpha value is -2.66. The Morgan fingerprint density at radius 1 is 0.931 bits per heavy atom. The van der Waals surface area contributed by atoms with Crippen molar-refractivity contribution >= 4 is 11.8 Å². The standard InChI is InChI=1S/C24H29N3O2/c1-19-6-2-3-8-22(19)18-25-12-14-26(15-13-25)24(29)21-9-4-7-20(16-21)17-27-11-5-10-23(27)28/h2-4,6-9,16H,5,10-15,17-18H2,1H3. The van der Waals surface area contributed by atoms with E-state index >= 15 is 0 Å². The molecule has 0 saturated carbocycles. The van der Waals surface area contributed by atoms with Gasteiger partial charge in [0, 0.05) is 57.8 Å². The van der Waals surface area contributed by atoms with E-state index in [4.69, 9.17) is 0 Å². The van der Waals surface area contributed by atoms with Crippen molar-refractivity contribution in [1.29, 1.82) is 0 Å². The van der Waals surface area contributed by atoms with Crippen LogP contribution in [0, 0.1) is 6.92 Å². The summed E-state index contributed by atoms with van der Waals surface area (Å²) in [6.45, 7) is 7.79. The third-order valence-corrected chi connectivity index (χ3v) is 6.03. The molecule has 0 aromatic heterocycles. The summed E-state index contributed by atoms with van der Waals surface area (Å²) < 4.78 is 0. The maximum Gasteiger partial charge on any atom is 0.253 e. The van der Waals surface area contributed by atoms with Crippen molar-refractivity contribution in [2.75, 3.05) is 32.7 Å². The molecule has 5 heteroatoms. The molecule has 2 aliphatic rings. The number of likely N-dealkylation sites (tertiary alicyclic amines) is 1. The number of rotatable bonds is 5. The molecular weight excluding hydrogens is 362 g/mol. The molecule has 5 nitrogen and oxygen atoms in total. The van der Waals surface area contributed by atoms with Gasteiger partial charge >= 0.3 is 0 Å². The Morgan fingerprint density at radius 3 is 2.45 bits per heavy atom. The molecule has 0 aliphatic carbocycles. The molecule has 0 bridgehead atoms. The van der Waals surface area contributed by atoms with Crippen molar-refractivity contribution in [3.8, 4) is 0 Å². The van der Waals surface area contributed by atoms with Crippen LogP contribution in [0.4, 0.5) is 0 Å². The van der Waals surface area contributed by atoms with Crippen LogP contribution >= 0.6 is 0 Å². The van der Waals surface area contributed by atoms with E-state index in [1.807, 2.05) is 34.1 Å². The molecule has 4 rings (SSSR count).